The number of fused-ring (bicyclic) bond motifs is 4. The molecule has 0 aliphatic heterocycles. The molecule has 0 saturated carbocycles. The fourth-order valence-electron chi connectivity index (χ4n) is 4.63. The van der Waals surface area contributed by atoms with E-state index in [1.54, 1.807) is 16.1 Å². The van der Waals surface area contributed by atoms with Crippen molar-refractivity contribution in [2.24, 2.45) is 0 Å². The third-order valence-corrected chi connectivity index (χ3v) is 7.52. The quantitative estimate of drug-likeness (QED) is 0.160. The van der Waals surface area contributed by atoms with Gasteiger partial charge in [0, 0.05) is 10.8 Å². The first-order valence-electron chi connectivity index (χ1n) is 11.7. The van der Waals surface area contributed by atoms with Crippen molar-refractivity contribution < 1.29 is 4.42 Å². The van der Waals surface area contributed by atoms with Crippen LogP contribution in [0.15, 0.2) is 86.1 Å². The molecule has 8 nitrogen and oxygen atoms in total. The van der Waals surface area contributed by atoms with E-state index in [0.717, 1.165) is 27.4 Å². The zero-order chi connectivity index (χ0) is 26.0. The second kappa shape index (κ2) is 8.44. The molecular formula is C28H17N5O3S2. The molecule has 0 fully saturated rings. The van der Waals surface area contributed by atoms with E-state index in [2.05, 4.69) is 9.97 Å². The average molecular weight is 536 g/mol. The molecule has 0 bridgehead atoms. The molecule has 0 aliphatic carbocycles. The van der Waals surface area contributed by atoms with Crippen molar-refractivity contribution in [3.8, 4) is 27.6 Å². The van der Waals surface area contributed by atoms with Crippen LogP contribution in [-0.2, 0) is 0 Å². The highest BCUT2D eigenvalue weighted by atomic mass is 32.1. The molecule has 0 amide bonds. The summed E-state index contributed by atoms with van der Waals surface area (Å²) in [5.41, 5.74) is 3.57. The van der Waals surface area contributed by atoms with Gasteiger partial charge in [-0.2, -0.15) is 5.10 Å². The number of aryl methyl sites for hydroxylation is 1. The van der Waals surface area contributed by atoms with Crippen LogP contribution < -0.4 is 11.2 Å². The van der Waals surface area contributed by atoms with Crippen molar-refractivity contribution in [2.75, 3.05) is 0 Å². The van der Waals surface area contributed by atoms with Crippen LogP contribution in [-0.4, -0.2) is 24.7 Å². The van der Waals surface area contributed by atoms with Gasteiger partial charge in [-0.1, -0.05) is 48.0 Å². The SMILES string of the molecule is Cc1ccc(-n2nc(-c3nc(-c4cc5c(ccc6ccccc65)oc4=O)cs3)c3[nH]c(=S)[nH]c(=O)c32)cc1. The normalized spacial score (nSPS) is 11.6. The predicted octanol–water partition coefficient (Wildman–Crippen LogP) is 6.13. The Morgan fingerprint density at radius 2 is 1.79 bits per heavy atom. The van der Waals surface area contributed by atoms with Gasteiger partial charge in [0.1, 0.15) is 21.8 Å². The first-order valence-corrected chi connectivity index (χ1v) is 13.0. The van der Waals surface area contributed by atoms with Gasteiger partial charge in [0.25, 0.3) is 5.56 Å². The van der Waals surface area contributed by atoms with Crippen LogP contribution >= 0.6 is 23.6 Å². The largest absolute Gasteiger partial charge is 0.422 e. The molecule has 2 N–H and O–H groups in total. The van der Waals surface area contributed by atoms with Crippen LogP contribution in [0.5, 0.6) is 0 Å². The van der Waals surface area contributed by atoms with E-state index in [-0.39, 0.29) is 10.3 Å². The average Bonchev–Trinajstić information content (AvgIpc) is 3.54. The number of nitrogens with zero attached hydrogens (tertiary/aromatic N) is 3. The van der Waals surface area contributed by atoms with Crippen LogP contribution in [0, 0.1) is 11.7 Å². The number of nitrogens with one attached hydrogen (secondary N) is 2. The Bertz CT molecular complexity index is 2220. The highest BCUT2D eigenvalue weighted by Gasteiger charge is 2.21. The highest BCUT2D eigenvalue weighted by molar-refractivity contribution is 7.71. The lowest BCUT2D eigenvalue weighted by Gasteiger charge is -2.04. The smallest absolute Gasteiger partial charge is 0.345 e. The fraction of sp³-hybridized carbons (Fsp3) is 0.0357. The number of thiazole rings is 1. The summed E-state index contributed by atoms with van der Waals surface area (Å²) in [5.74, 6) is 0. The van der Waals surface area contributed by atoms with Crippen LogP contribution in [0.4, 0.5) is 0 Å². The predicted molar refractivity (Wildman–Crippen MR) is 152 cm³/mol. The number of aromatic amines is 2. The third kappa shape index (κ3) is 3.53. The maximum atomic E-state index is 12.9. The van der Waals surface area contributed by atoms with Crippen molar-refractivity contribution in [3.63, 3.8) is 0 Å². The second-order valence-electron chi connectivity index (χ2n) is 8.91. The van der Waals surface area contributed by atoms with Crippen LogP contribution in [0.2, 0.25) is 0 Å². The summed E-state index contributed by atoms with van der Waals surface area (Å²) < 4.78 is 7.43. The van der Waals surface area contributed by atoms with E-state index in [4.69, 9.17) is 26.7 Å². The Morgan fingerprint density at radius 1 is 0.974 bits per heavy atom. The van der Waals surface area contributed by atoms with Gasteiger partial charge >= 0.3 is 5.63 Å². The maximum Gasteiger partial charge on any atom is 0.345 e. The van der Waals surface area contributed by atoms with Gasteiger partial charge in [0.15, 0.2) is 10.3 Å². The molecule has 3 aromatic carbocycles. The molecule has 7 aromatic rings. The van der Waals surface area contributed by atoms with Crippen molar-refractivity contribution in [1.29, 1.82) is 0 Å². The topological polar surface area (TPSA) is 110 Å². The molecular weight excluding hydrogens is 518 g/mol. The molecule has 38 heavy (non-hydrogen) atoms. The third-order valence-electron chi connectivity index (χ3n) is 6.47. The number of aromatic nitrogens is 5. The highest BCUT2D eigenvalue weighted by Crippen LogP contribution is 2.33. The number of H-pyrrole nitrogens is 2. The summed E-state index contributed by atoms with van der Waals surface area (Å²) in [5, 5.41) is 9.93. The maximum absolute atomic E-state index is 12.9. The Labute approximate surface area is 222 Å². The molecule has 184 valence electrons. The van der Waals surface area contributed by atoms with Crippen LogP contribution in [0.25, 0.3) is 60.4 Å². The minimum absolute atomic E-state index is 0.186. The van der Waals surface area contributed by atoms with Crippen molar-refractivity contribution in [1.82, 2.24) is 24.7 Å². The minimum Gasteiger partial charge on any atom is -0.422 e. The van der Waals surface area contributed by atoms with Gasteiger partial charge < -0.3 is 9.40 Å². The molecule has 0 saturated heterocycles. The molecule has 4 heterocycles. The lowest BCUT2D eigenvalue weighted by Crippen LogP contribution is -2.12. The summed E-state index contributed by atoms with van der Waals surface area (Å²) in [6.45, 7) is 1.99. The lowest BCUT2D eigenvalue weighted by atomic mass is 10.0. The van der Waals surface area contributed by atoms with Crippen molar-refractivity contribution >= 4 is 56.3 Å². The summed E-state index contributed by atoms with van der Waals surface area (Å²) in [6.07, 6.45) is 0. The lowest BCUT2D eigenvalue weighted by molar-refractivity contribution is 0.563. The van der Waals surface area contributed by atoms with Crippen LogP contribution in [0.3, 0.4) is 0 Å². The van der Waals surface area contributed by atoms with Gasteiger partial charge in [0.2, 0.25) is 0 Å². The van der Waals surface area contributed by atoms with Crippen molar-refractivity contribution in [2.45, 2.75) is 6.92 Å². The molecule has 0 atom stereocenters. The molecule has 4 aromatic heterocycles. The summed E-state index contributed by atoms with van der Waals surface area (Å²) in [7, 11) is 0. The van der Waals surface area contributed by atoms with E-state index in [1.807, 2.05) is 67.6 Å². The number of benzene rings is 3. The van der Waals surface area contributed by atoms with Gasteiger partial charge in [-0.05, 0) is 54.2 Å². The standard InChI is InChI=1S/C28H17N5O3S2/c1-14-6-9-16(10-7-14)33-24-22(30-28(37)31-25(24)34)23(32-33)26-29-20(13-38-26)19-12-18-17-5-3-2-4-15(17)8-11-21(18)36-27(19)35/h2-13H,1H3,(H2,30,31,34,37). The van der Waals surface area contributed by atoms with Crippen LogP contribution in [0.1, 0.15) is 5.56 Å². The zero-order valence-electron chi connectivity index (χ0n) is 19.8. The summed E-state index contributed by atoms with van der Waals surface area (Å²) in [4.78, 5) is 36.3. The Morgan fingerprint density at radius 3 is 2.63 bits per heavy atom. The van der Waals surface area contributed by atoms with E-state index >= 15 is 0 Å². The first-order chi connectivity index (χ1) is 18.5. The van der Waals surface area contributed by atoms with Gasteiger partial charge in [-0.25, -0.2) is 14.5 Å². The monoisotopic (exact) mass is 535 g/mol. The fourth-order valence-corrected chi connectivity index (χ4v) is 5.64. The number of rotatable bonds is 3. The Kier molecular flexibility index (Phi) is 5.00. The zero-order valence-corrected chi connectivity index (χ0v) is 21.4. The van der Waals surface area contributed by atoms with E-state index in [9.17, 15) is 9.59 Å². The first kappa shape index (κ1) is 22.5. The Balaban J connectivity index is 1.43. The minimum atomic E-state index is -0.476. The van der Waals surface area contributed by atoms with Gasteiger partial charge in [0.05, 0.1) is 16.9 Å². The summed E-state index contributed by atoms with van der Waals surface area (Å²) >= 11 is 6.56. The van der Waals surface area contributed by atoms with Crippen molar-refractivity contribution in [3.05, 3.63) is 103 Å². The van der Waals surface area contributed by atoms with Gasteiger partial charge in [-0.15, -0.1) is 11.3 Å². The second-order valence-corrected chi connectivity index (χ2v) is 10.2. The number of hydrogen-bond donors (Lipinski definition) is 2. The summed E-state index contributed by atoms with van der Waals surface area (Å²) in [6, 6.07) is 21.2. The molecule has 0 aliphatic rings. The molecule has 0 radical (unpaired) electrons. The molecule has 0 unspecified atom stereocenters. The van der Waals surface area contributed by atoms with E-state index in [0.29, 0.717) is 38.6 Å². The Hall–Kier alpha value is -4.67. The molecule has 0 spiro atoms. The molecule has 10 heteroatoms. The molecule has 7 rings (SSSR count). The van der Waals surface area contributed by atoms with E-state index < -0.39 is 5.63 Å². The number of hydrogen-bond acceptors (Lipinski definition) is 7. The van der Waals surface area contributed by atoms with Gasteiger partial charge in [-0.3, -0.25) is 9.78 Å². The van der Waals surface area contributed by atoms with E-state index in [1.165, 1.54) is 11.3 Å².